The van der Waals surface area contributed by atoms with Crippen LogP contribution in [0, 0.1) is 0 Å². The molecule has 2 aromatic heterocycles. The van der Waals surface area contributed by atoms with Gasteiger partial charge in [-0.2, -0.15) is 4.98 Å². The first-order valence-electron chi connectivity index (χ1n) is 5.59. The van der Waals surface area contributed by atoms with Crippen LogP contribution in [-0.4, -0.2) is 32.4 Å². The van der Waals surface area contributed by atoms with Crippen molar-refractivity contribution in [3.8, 4) is 0 Å². The molecule has 2 heterocycles. The maximum absolute atomic E-state index is 9.12. The van der Waals surface area contributed by atoms with E-state index >= 15 is 0 Å². The fourth-order valence-corrected chi connectivity index (χ4v) is 1.69. The molecule has 0 radical (unpaired) electrons. The molecule has 2 rings (SSSR count). The summed E-state index contributed by atoms with van der Waals surface area (Å²) in [5.41, 5.74) is 0.757. The second-order valence-electron chi connectivity index (χ2n) is 4.00. The van der Waals surface area contributed by atoms with Crippen molar-refractivity contribution in [3.05, 3.63) is 23.4 Å². The molecule has 0 bridgehead atoms. The number of fused-ring (bicyclic) bond motifs is 1. The Kier molecular flexibility index (Phi) is 3.81. The standard InChI is InChI=1S/C11H15ClN4O/c1-8(17)3-2-6-13-11-14-10-5-4-9(12)7-16(10)15-11/h4-5,7-8,17H,2-3,6H2,1H3,(H,13,15). The summed E-state index contributed by atoms with van der Waals surface area (Å²) in [6.45, 7) is 2.53. The van der Waals surface area contributed by atoms with Gasteiger partial charge in [-0.3, -0.25) is 0 Å². The van der Waals surface area contributed by atoms with E-state index in [4.69, 9.17) is 16.7 Å². The molecule has 0 aliphatic carbocycles. The van der Waals surface area contributed by atoms with Crippen LogP contribution in [0.25, 0.3) is 5.65 Å². The molecule has 0 saturated heterocycles. The largest absolute Gasteiger partial charge is 0.393 e. The molecule has 0 fully saturated rings. The lowest BCUT2D eigenvalue weighted by atomic mass is 10.2. The Labute approximate surface area is 104 Å². The number of nitrogens with zero attached hydrogens (tertiary/aromatic N) is 3. The second-order valence-corrected chi connectivity index (χ2v) is 4.44. The van der Waals surface area contributed by atoms with Crippen molar-refractivity contribution in [2.75, 3.05) is 11.9 Å². The molecule has 0 aliphatic heterocycles. The Balaban J connectivity index is 1.95. The molecule has 0 saturated carbocycles. The summed E-state index contributed by atoms with van der Waals surface area (Å²) in [5, 5.41) is 17.1. The van der Waals surface area contributed by atoms with Crippen LogP contribution in [0.2, 0.25) is 5.02 Å². The summed E-state index contributed by atoms with van der Waals surface area (Å²) in [5.74, 6) is 0.581. The Morgan fingerprint density at radius 2 is 2.35 bits per heavy atom. The van der Waals surface area contributed by atoms with Gasteiger partial charge in [-0.25, -0.2) is 4.52 Å². The van der Waals surface area contributed by atoms with Gasteiger partial charge in [0.05, 0.1) is 11.1 Å². The monoisotopic (exact) mass is 254 g/mol. The Hall–Kier alpha value is -1.33. The van der Waals surface area contributed by atoms with Crippen LogP contribution in [0.1, 0.15) is 19.8 Å². The molecule has 0 amide bonds. The third kappa shape index (κ3) is 3.31. The van der Waals surface area contributed by atoms with E-state index in [1.54, 1.807) is 23.7 Å². The first-order chi connectivity index (χ1) is 8.15. The molecule has 1 unspecified atom stereocenters. The van der Waals surface area contributed by atoms with Gasteiger partial charge >= 0.3 is 0 Å². The lowest BCUT2D eigenvalue weighted by Gasteiger charge is -2.03. The summed E-state index contributed by atoms with van der Waals surface area (Å²) in [7, 11) is 0. The zero-order valence-corrected chi connectivity index (χ0v) is 10.4. The van der Waals surface area contributed by atoms with Crippen LogP contribution >= 0.6 is 11.6 Å². The van der Waals surface area contributed by atoms with E-state index in [-0.39, 0.29) is 6.10 Å². The average molecular weight is 255 g/mol. The lowest BCUT2D eigenvalue weighted by Crippen LogP contribution is -2.07. The van der Waals surface area contributed by atoms with E-state index in [0.29, 0.717) is 11.0 Å². The number of pyridine rings is 1. The summed E-state index contributed by atoms with van der Waals surface area (Å²) in [6, 6.07) is 3.60. The van der Waals surface area contributed by atoms with Crippen molar-refractivity contribution in [3.63, 3.8) is 0 Å². The summed E-state index contributed by atoms with van der Waals surface area (Å²) in [6.07, 6.45) is 3.11. The highest BCUT2D eigenvalue weighted by atomic mass is 35.5. The van der Waals surface area contributed by atoms with E-state index < -0.39 is 0 Å². The van der Waals surface area contributed by atoms with E-state index in [9.17, 15) is 0 Å². The SMILES string of the molecule is CC(O)CCCNc1nc2ccc(Cl)cn2n1. The third-order valence-corrected chi connectivity index (χ3v) is 2.60. The molecule has 5 nitrogen and oxygen atoms in total. The van der Waals surface area contributed by atoms with Crippen molar-refractivity contribution in [1.29, 1.82) is 0 Å². The molecule has 2 aromatic rings. The van der Waals surface area contributed by atoms with Gasteiger partial charge in [0.2, 0.25) is 5.95 Å². The Morgan fingerprint density at radius 3 is 3.12 bits per heavy atom. The number of hydrogen-bond donors (Lipinski definition) is 2. The van der Waals surface area contributed by atoms with Gasteiger partial charge in [-0.1, -0.05) is 11.6 Å². The highest BCUT2D eigenvalue weighted by molar-refractivity contribution is 6.30. The normalized spacial score (nSPS) is 12.9. The van der Waals surface area contributed by atoms with Crippen LogP contribution in [0.5, 0.6) is 0 Å². The predicted octanol–water partition coefficient (Wildman–Crippen LogP) is 1.96. The zero-order valence-electron chi connectivity index (χ0n) is 9.60. The summed E-state index contributed by atoms with van der Waals surface area (Å²) in [4.78, 5) is 4.29. The summed E-state index contributed by atoms with van der Waals surface area (Å²) >= 11 is 5.85. The first kappa shape index (κ1) is 12.1. The maximum Gasteiger partial charge on any atom is 0.243 e. The molecule has 92 valence electrons. The van der Waals surface area contributed by atoms with Crippen LogP contribution in [-0.2, 0) is 0 Å². The minimum atomic E-state index is -0.260. The van der Waals surface area contributed by atoms with Crippen molar-refractivity contribution in [1.82, 2.24) is 14.6 Å². The lowest BCUT2D eigenvalue weighted by molar-refractivity contribution is 0.183. The minimum Gasteiger partial charge on any atom is -0.393 e. The number of hydrogen-bond acceptors (Lipinski definition) is 4. The highest BCUT2D eigenvalue weighted by Gasteiger charge is 2.03. The topological polar surface area (TPSA) is 62.5 Å². The van der Waals surface area contributed by atoms with Crippen LogP contribution < -0.4 is 5.32 Å². The van der Waals surface area contributed by atoms with E-state index in [2.05, 4.69) is 15.4 Å². The van der Waals surface area contributed by atoms with Gasteiger partial charge in [-0.15, -0.1) is 5.10 Å². The molecule has 0 aromatic carbocycles. The molecule has 0 spiro atoms. The quantitative estimate of drug-likeness (QED) is 0.801. The van der Waals surface area contributed by atoms with Gasteiger partial charge in [-0.05, 0) is 31.9 Å². The molecule has 6 heteroatoms. The van der Waals surface area contributed by atoms with Crippen LogP contribution in [0.15, 0.2) is 18.3 Å². The molecule has 2 N–H and O–H groups in total. The van der Waals surface area contributed by atoms with Crippen LogP contribution in [0.3, 0.4) is 0 Å². The molecular weight excluding hydrogens is 240 g/mol. The van der Waals surface area contributed by atoms with Gasteiger partial charge < -0.3 is 10.4 Å². The second kappa shape index (κ2) is 5.33. The van der Waals surface area contributed by atoms with Gasteiger partial charge in [0.1, 0.15) is 0 Å². The Morgan fingerprint density at radius 1 is 1.53 bits per heavy atom. The molecule has 17 heavy (non-hydrogen) atoms. The summed E-state index contributed by atoms with van der Waals surface area (Å²) < 4.78 is 1.64. The molecule has 0 aliphatic rings. The van der Waals surface area contributed by atoms with Crippen molar-refractivity contribution < 1.29 is 5.11 Å². The molecule has 1 atom stereocenters. The van der Waals surface area contributed by atoms with E-state index in [1.807, 2.05) is 6.07 Å². The van der Waals surface area contributed by atoms with Gasteiger partial charge in [0, 0.05) is 12.7 Å². The number of aromatic nitrogens is 3. The zero-order chi connectivity index (χ0) is 12.3. The maximum atomic E-state index is 9.12. The molecular formula is C11H15ClN4O. The highest BCUT2D eigenvalue weighted by Crippen LogP contribution is 2.11. The number of aliphatic hydroxyl groups is 1. The van der Waals surface area contributed by atoms with Crippen molar-refractivity contribution >= 4 is 23.2 Å². The fraction of sp³-hybridized carbons (Fsp3) is 0.455. The van der Waals surface area contributed by atoms with Crippen LogP contribution in [0.4, 0.5) is 5.95 Å². The van der Waals surface area contributed by atoms with E-state index in [1.165, 1.54) is 0 Å². The Bertz CT molecular complexity index is 497. The van der Waals surface area contributed by atoms with Crippen molar-refractivity contribution in [2.24, 2.45) is 0 Å². The van der Waals surface area contributed by atoms with Gasteiger partial charge in [0.25, 0.3) is 0 Å². The number of aliphatic hydroxyl groups excluding tert-OH is 1. The average Bonchev–Trinajstić information content (AvgIpc) is 2.66. The van der Waals surface area contributed by atoms with E-state index in [0.717, 1.165) is 25.0 Å². The third-order valence-electron chi connectivity index (χ3n) is 2.38. The predicted molar refractivity (Wildman–Crippen MR) is 67.4 cm³/mol. The number of anilines is 1. The number of halogens is 1. The van der Waals surface area contributed by atoms with Gasteiger partial charge in [0.15, 0.2) is 5.65 Å². The smallest absolute Gasteiger partial charge is 0.243 e. The number of nitrogens with one attached hydrogen (secondary N) is 1. The number of rotatable bonds is 5. The minimum absolute atomic E-state index is 0.260. The fourth-order valence-electron chi connectivity index (χ4n) is 1.53. The van der Waals surface area contributed by atoms with Crippen molar-refractivity contribution in [2.45, 2.75) is 25.9 Å². The first-order valence-corrected chi connectivity index (χ1v) is 5.97.